The first-order valence-corrected chi connectivity index (χ1v) is 9.00. The van der Waals surface area contributed by atoms with Crippen LogP contribution in [0.25, 0.3) is 0 Å². The third-order valence-corrected chi connectivity index (χ3v) is 6.57. The van der Waals surface area contributed by atoms with E-state index in [0.29, 0.717) is 10.2 Å². The standard InChI is InChI=1S/C11H7Br2NO4S2/c12-6-3-1-2-4-7(6)14-20(17,18)9-5-8(11(15)16)19-10(9)13/h1-5,14H,(H,15,16). The molecule has 0 saturated heterocycles. The summed E-state index contributed by atoms with van der Waals surface area (Å²) in [5.41, 5.74) is 0.377. The van der Waals surface area contributed by atoms with Crippen LogP contribution >= 0.6 is 43.2 Å². The van der Waals surface area contributed by atoms with E-state index in [4.69, 9.17) is 5.11 Å². The lowest BCUT2D eigenvalue weighted by atomic mass is 10.3. The van der Waals surface area contributed by atoms with Crippen molar-refractivity contribution in [3.8, 4) is 0 Å². The maximum atomic E-state index is 12.3. The molecule has 0 atom stereocenters. The van der Waals surface area contributed by atoms with Gasteiger partial charge in [0.15, 0.2) is 0 Å². The Kier molecular flexibility index (Phi) is 4.52. The van der Waals surface area contributed by atoms with Gasteiger partial charge in [0.2, 0.25) is 0 Å². The molecule has 1 aromatic carbocycles. The highest BCUT2D eigenvalue weighted by atomic mass is 79.9. The van der Waals surface area contributed by atoms with Gasteiger partial charge in [-0.2, -0.15) is 0 Å². The van der Waals surface area contributed by atoms with E-state index in [0.717, 1.165) is 17.4 Å². The predicted octanol–water partition coefficient (Wildman–Crippen LogP) is 3.77. The molecule has 9 heteroatoms. The number of halogens is 2. The van der Waals surface area contributed by atoms with Crippen LogP contribution in [0.5, 0.6) is 0 Å². The van der Waals surface area contributed by atoms with Crippen LogP contribution in [0, 0.1) is 0 Å². The third kappa shape index (κ3) is 3.22. The van der Waals surface area contributed by atoms with Gasteiger partial charge >= 0.3 is 5.97 Å². The van der Waals surface area contributed by atoms with Crippen molar-refractivity contribution >= 4 is 64.9 Å². The molecule has 0 aliphatic heterocycles. The fourth-order valence-corrected chi connectivity index (χ4v) is 5.38. The lowest BCUT2D eigenvalue weighted by Gasteiger charge is -2.08. The topological polar surface area (TPSA) is 83.5 Å². The fraction of sp³-hybridized carbons (Fsp3) is 0. The van der Waals surface area contributed by atoms with Crippen molar-refractivity contribution in [3.63, 3.8) is 0 Å². The smallest absolute Gasteiger partial charge is 0.345 e. The molecule has 0 unspecified atom stereocenters. The molecule has 0 aliphatic carbocycles. The summed E-state index contributed by atoms with van der Waals surface area (Å²) in [6.07, 6.45) is 0. The summed E-state index contributed by atoms with van der Waals surface area (Å²) in [7, 11) is -3.86. The van der Waals surface area contributed by atoms with E-state index < -0.39 is 16.0 Å². The number of rotatable bonds is 4. The second-order valence-electron chi connectivity index (χ2n) is 3.64. The Morgan fingerprint density at radius 3 is 2.45 bits per heavy atom. The van der Waals surface area contributed by atoms with E-state index in [1.807, 2.05) is 0 Å². The van der Waals surface area contributed by atoms with Gasteiger partial charge in [-0.3, -0.25) is 4.72 Å². The van der Waals surface area contributed by atoms with Crippen molar-refractivity contribution in [2.24, 2.45) is 0 Å². The Balaban J connectivity index is 2.41. The molecular weight excluding hydrogens is 434 g/mol. The van der Waals surface area contributed by atoms with Crippen LogP contribution in [0.15, 0.2) is 43.5 Å². The highest BCUT2D eigenvalue weighted by Gasteiger charge is 2.23. The number of carboxylic acid groups (broad SMARTS) is 1. The normalized spacial score (nSPS) is 11.3. The second-order valence-corrected chi connectivity index (χ2v) is 8.51. The van der Waals surface area contributed by atoms with Gasteiger partial charge in [0, 0.05) is 4.47 Å². The molecular formula is C11H7Br2NO4S2. The molecule has 0 radical (unpaired) electrons. The van der Waals surface area contributed by atoms with Crippen LogP contribution in [0.3, 0.4) is 0 Å². The largest absolute Gasteiger partial charge is 0.477 e. The monoisotopic (exact) mass is 439 g/mol. The van der Waals surface area contributed by atoms with Gasteiger partial charge in [-0.25, -0.2) is 13.2 Å². The van der Waals surface area contributed by atoms with Gasteiger partial charge in [-0.1, -0.05) is 12.1 Å². The molecule has 20 heavy (non-hydrogen) atoms. The van der Waals surface area contributed by atoms with Gasteiger partial charge in [0.25, 0.3) is 10.0 Å². The summed E-state index contributed by atoms with van der Waals surface area (Å²) in [5.74, 6) is -1.17. The van der Waals surface area contributed by atoms with Crippen molar-refractivity contribution in [3.05, 3.63) is 43.5 Å². The van der Waals surface area contributed by atoms with Crippen molar-refractivity contribution in [2.75, 3.05) is 4.72 Å². The molecule has 0 spiro atoms. The van der Waals surface area contributed by atoms with Crippen LogP contribution in [0.2, 0.25) is 0 Å². The number of para-hydroxylation sites is 1. The van der Waals surface area contributed by atoms with Crippen LogP contribution < -0.4 is 4.72 Å². The molecule has 2 N–H and O–H groups in total. The zero-order valence-corrected chi connectivity index (χ0v) is 14.4. The number of thiophene rings is 1. The van der Waals surface area contributed by atoms with E-state index in [1.165, 1.54) is 0 Å². The number of hydrogen-bond acceptors (Lipinski definition) is 4. The summed E-state index contributed by atoms with van der Waals surface area (Å²) in [5, 5.41) is 8.89. The molecule has 0 aliphatic rings. The molecule has 0 saturated carbocycles. The lowest BCUT2D eigenvalue weighted by molar-refractivity contribution is 0.0702. The lowest BCUT2D eigenvalue weighted by Crippen LogP contribution is -2.13. The van der Waals surface area contributed by atoms with Crippen LogP contribution in [0.1, 0.15) is 9.67 Å². The quantitative estimate of drug-likeness (QED) is 0.757. The van der Waals surface area contributed by atoms with Gasteiger partial charge in [0.1, 0.15) is 9.77 Å². The maximum absolute atomic E-state index is 12.3. The van der Waals surface area contributed by atoms with Crippen molar-refractivity contribution in [1.29, 1.82) is 0 Å². The number of nitrogens with one attached hydrogen (secondary N) is 1. The number of carbonyl (C=O) groups is 1. The number of carboxylic acids is 1. The number of sulfonamides is 1. The molecule has 0 bridgehead atoms. The first-order valence-electron chi connectivity index (χ1n) is 5.11. The van der Waals surface area contributed by atoms with Gasteiger partial charge in [0.05, 0.1) is 9.47 Å². The molecule has 1 heterocycles. The van der Waals surface area contributed by atoms with Gasteiger partial charge < -0.3 is 5.11 Å². The first kappa shape index (κ1) is 15.5. The molecule has 1 aromatic heterocycles. The number of hydrogen-bond donors (Lipinski definition) is 2. The molecule has 5 nitrogen and oxygen atoms in total. The van der Waals surface area contributed by atoms with Crippen LogP contribution in [-0.4, -0.2) is 19.5 Å². The summed E-state index contributed by atoms with van der Waals surface area (Å²) in [4.78, 5) is 10.7. The Hall–Kier alpha value is -0.900. The minimum atomic E-state index is -3.86. The molecule has 2 aromatic rings. The van der Waals surface area contributed by atoms with E-state index in [1.54, 1.807) is 24.3 Å². The molecule has 0 fully saturated rings. The average molecular weight is 441 g/mol. The maximum Gasteiger partial charge on any atom is 0.345 e. The molecule has 2 rings (SSSR count). The Morgan fingerprint density at radius 1 is 1.25 bits per heavy atom. The summed E-state index contributed by atoms with van der Waals surface area (Å²) >= 11 is 7.17. The van der Waals surface area contributed by atoms with Crippen molar-refractivity contribution < 1.29 is 18.3 Å². The fourth-order valence-electron chi connectivity index (χ4n) is 1.38. The minimum absolute atomic E-state index is 0.0515. The second kappa shape index (κ2) is 5.84. The predicted molar refractivity (Wildman–Crippen MR) is 83.9 cm³/mol. The third-order valence-electron chi connectivity index (χ3n) is 2.27. The van der Waals surface area contributed by atoms with Gasteiger partial charge in [-0.05, 0) is 50.1 Å². The van der Waals surface area contributed by atoms with Crippen molar-refractivity contribution in [1.82, 2.24) is 0 Å². The Labute approximate surface area is 135 Å². The highest BCUT2D eigenvalue weighted by molar-refractivity contribution is 9.11. The molecule has 0 amide bonds. The summed E-state index contributed by atoms with van der Waals surface area (Å²) in [6, 6.07) is 7.86. The first-order chi connectivity index (χ1) is 9.31. The van der Waals surface area contributed by atoms with E-state index in [2.05, 4.69) is 36.6 Å². The van der Waals surface area contributed by atoms with E-state index in [9.17, 15) is 13.2 Å². The zero-order chi connectivity index (χ0) is 14.9. The van der Waals surface area contributed by atoms with E-state index >= 15 is 0 Å². The van der Waals surface area contributed by atoms with Crippen molar-refractivity contribution in [2.45, 2.75) is 4.90 Å². The van der Waals surface area contributed by atoms with Crippen LogP contribution in [-0.2, 0) is 10.0 Å². The van der Waals surface area contributed by atoms with Crippen LogP contribution in [0.4, 0.5) is 5.69 Å². The minimum Gasteiger partial charge on any atom is -0.477 e. The summed E-state index contributed by atoms with van der Waals surface area (Å²) in [6.45, 7) is 0. The van der Waals surface area contributed by atoms with E-state index in [-0.39, 0.29) is 13.6 Å². The SMILES string of the molecule is O=C(O)c1cc(S(=O)(=O)Nc2ccccc2Br)c(Br)s1. The molecule has 106 valence electrons. The zero-order valence-electron chi connectivity index (χ0n) is 9.63. The number of anilines is 1. The highest BCUT2D eigenvalue weighted by Crippen LogP contribution is 2.33. The van der Waals surface area contributed by atoms with Gasteiger partial charge in [-0.15, -0.1) is 11.3 Å². The number of benzene rings is 1. The number of aromatic carboxylic acids is 1. The Bertz CT molecular complexity index is 770. The summed E-state index contributed by atoms with van der Waals surface area (Å²) < 4.78 is 27.8. The Morgan fingerprint density at radius 2 is 1.90 bits per heavy atom. The average Bonchev–Trinajstić information content (AvgIpc) is 2.75.